The van der Waals surface area contributed by atoms with E-state index in [0.717, 1.165) is 0 Å². The molecule has 0 fully saturated rings. The first kappa shape index (κ1) is 21.9. The Kier molecular flexibility index (Phi) is 7.47. The van der Waals surface area contributed by atoms with E-state index in [1.54, 1.807) is 11.4 Å². The minimum Gasteiger partial charge on any atom is -0.493 e. The number of halogens is 1. The summed E-state index contributed by atoms with van der Waals surface area (Å²) in [6.45, 7) is -0.340. The van der Waals surface area contributed by atoms with E-state index < -0.39 is 23.7 Å². The van der Waals surface area contributed by atoms with Crippen LogP contribution in [0.25, 0.3) is 6.08 Å². The lowest BCUT2D eigenvalue weighted by molar-refractivity contribution is -0.118. The average Bonchev–Trinajstić information content (AvgIpc) is 2.71. The third kappa shape index (κ3) is 6.35. The summed E-state index contributed by atoms with van der Waals surface area (Å²) in [5.74, 6) is -1.35. The van der Waals surface area contributed by atoms with Gasteiger partial charge in [0.05, 0.1) is 7.11 Å². The highest BCUT2D eigenvalue weighted by Crippen LogP contribution is 2.29. The van der Waals surface area contributed by atoms with E-state index in [1.807, 2.05) is 0 Å². The Balaban J connectivity index is 2.08. The van der Waals surface area contributed by atoms with Crippen molar-refractivity contribution >= 4 is 29.6 Å². The molecule has 0 unspecified atom stereocenters. The van der Waals surface area contributed by atoms with Gasteiger partial charge in [0.15, 0.2) is 18.1 Å². The van der Waals surface area contributed by atoms with Crippen molar-refractivity contribution in [2.75, 3.05) is 19.0 Å². The molecular weight excluding hydrogens is 395 g/mol. The molecule has 0 bridgehead atoms. The molecule has 0 aromatic heterocycles. The van der Waals surface area contributed by atoms with Gasteiger partial charge in [-0.25, -0.2) is 9.18 Å². The van der Waals surface area contributed by atoms with Crippen LogP contribution in [0.1, 0.15) is 5.56 Å². The second-order valence-electron chi connectivity index (χ2n) is 5.74. The molecule has 2 aromatic rings. The Morgan fingerprint density at radius 2 is 1.87 bits per heavy atom. The van der Waals surface area contributed by atoms with Gasteiger partial charge in [-0.15, -0.1) is 0 Å². The van der Waals surface area contributed by atoms with Gasteiger partial charge in [-0.1, -0.05) is 6.07 Å². The molecule has 0 heterocycles. The zero-order valence-electron chi connectivity index (χ0n) is 15.8. The molecule has 4 amide bonds. The maximum atomic E-state index is 12.9. The van der Waals surface area contributed by atoms with Crippen molar-refractivity contribution in [2.24, 2.45) is 5.73 Å². The van der Waals surface area contributed by atoms with Crippen molar-refractivity contribution in [3.05, 3.63) is 59.4 Å². The van der Waals surface area contributed by atoms with E-state index in [2.05, 4.69) is 5.32 Å². The molecule has 0 spiro atoms. The van der Waals surface area contributed by atoms with Crippen LogP contribution in [0, 0.1) is 17.1 Å². The molecule has 0 aliphatic carbocycles. The summed E-state index contributed by atoms with van der Waals surface area (Å²) in [5, 5.41) is 13.4. The maximum absolute atomic E-state index is 12.9. The van der Waals surface area contributed by atoms with Gasteiger partial charge >= 0.3 is 6.03 Å². The molecule has 4 N–H and O–H groups in total. The third-order valence-corrected chi connectivity index (χ3v) is 3.59. The van der Waals surface area contributed by atoms with E-state index in [0.29, 0.717) is 11.3 Å². The number of nitrogens with one attached hydrogen (secondary N) is 2. The Bertz CT molecular complexity index is 1030. The van der Waals surface area contributed by atoms with Gasteiger partial charge in [-0.05, 0) is 48.0 Å². The average molecular weight is 412 g/mol. The van der Waals surface area contributed by atoms with E-state index >= 15 is 0 Å². The fraction of sp³-hybridized carbons (Fsp3) is 0.100. The molecule has 154 valence electrons. The van der Waals surface area contributed by atoms with Crippen molar-refractivity contribution in [1.29, 1.82) is 5.26 Å². The summed E-state index contributed by atoms with van der Waals surface area (Å²) in [6, 6.07) is 10.3. The lowest BCUT2D eigenvalue weighted by Gasteiger charge is -2.12. The van der Waals surface area contributed by atoms with E-state index in [9.17, 15) is 18.8 Å². The standard InChI is InChI=1S/C20H17FN4O5/c1-29-17-9-12(8-13(10-22)19(27)25-20(23)28)2-7-16(17)30-11-18(26)24-15-5-3-14(21)4-6-15/h2-9H,11H2,1H3,(H,24,26)(H3,23,25,27,28)/b13-8-. The van der Waals surface area contributed by atoms with Crippen LogP contribution < -0.4 is 25.8 Å². The van der Waals surface area contributed by atoms with Crippen LogP contribution in [-0.2, 0) is 9.59 Å². The van der Waals surface area contributed by atoms with Crippen LogP contribution >= 0.6 is 0 Å². The SMILES string of the molecule is COc1cc(/C=C(/C#N)C(=O)NC(N)=O)ccc1OCC(=O)Nc1ccc(F)cc1. The first-order valence-corrected chi connectivity index (χ1v) is 8.41. The number of rotatable bonds is 7. The number of amides is 4. The second kappa shape index (κ2) is 10.2. The lowest BCUT2D eigenvalue weighted by Crippen LogP contribution is -2.35. The number of carbonyl (C=O) groups is 3. The molecule has 0 aliphatic rings. The minimum atomic E-state index is -1.08. The minimum absolute atomic E-state index is 0.240. The van der Waals surface area contributed by atoms with Gasteiger partial charge in [-0.2, -0.15) is 5.26 Å². The smallest absolute Gasteiger partial charge is 0.319 e. The van der Waals surface area contributed by atoms with Crippen LogP contribution in [-0.4, -0.2) is 31.6 Å². The van der Waals surface area contributed by atoms with Gasteiger partial charge in [0.2, 0.25) is 0 Å². The molecule has 30 heavy (non-hydrogen) atoms. The summed E-state index contributed by atoms with van der Waals surface area (Å²) in [7, 11) is 1.37. The fourth-order valence-electron chi connectivity index (χ4n) is 2.26. The zero-order chi connectivity index (χ0) is 22.1. The number of imide groups is 1. The summed E-state index contributed by atoms with van der Waals surface area (Å²) in [4.78, 5) is 34.5. The molecular formula is C20H17FN4O5. The number of primary amides is 1. The molecule has 10 heteroatoms. The largest absolute Gasteiger partial charge is 0.493 e. The number of hydrogen-bond acceptors (Lipinski definition) is 6. The molecule has 2 rings (SSSR count). The predicted molar refractivity (Wildman–Crippen MR) is 105 cm³/mol. The number of anilines is 1. The maximum Gasteiger partial charge on any atom is 0.319 e. The van der Waals surface area contributed by atoms with Crippen LogP contribution in [0.2, 0.25) is 0 Å². The van der Waals surface area contributed by atoms with Crippen molar-refractivity contribution in [3.8, 4) is 17.6 Å². The van der Waals surface area contributed by atoms with Gasteiger partial charge < -0.3 is 20.5 Å². The Labute approximate surface area is 170 Å². The number of methoxy groups -OCH3 is 1. The molecule has 0 saturated carbocycles. The van der Waals surface area contributed by atoms with Gasteiger partial charge in [0.25, 0.3) is 11.8 Å². The second-order valence-corrected chi connectivity index (χ2v) is 5.74. The molecule has 0 atom stereocenters. The number of hydrogen-bond donors (Lipinski definition) is 3. The number of urea groups is 1. The van der Waals surface area contributed by atoms with Crippen LogP contribution in [0.5, 0.6) is 11.5 Å². The monoisotopic (exact) mass is 412 g/mol. The summed E-state index contributed by atoms with van der Waals surface area (Å²) in [5.41, 5.74) is 5.34. The fourth-order valence-corrected chi connectivity index (χ4v) is 2.26. The number of carbonyl (C=O) groups excluding carboxylic acids is 3. The van der Waals surface area contributed by atoms with Crippen LogP contribution in [0.3, 0.4) is 0 Å². The Morgan fingerprint density at radius 3 is 2.47 bits per heavy atom. The molecule has 0 saturated heterocycles. The summed E-state index contributed by atoms with van der Waals surface area (Å²) < 4.78 is 23.5. The summed E-state index contributed by atoms with van der Waals surface area (Å²) in [6.07, 6.45) is 1.23. The van der Waals surface area contributed by atoms with Crippen molar-refractivity contribution < 1.29 is 28.2 Å². The number of nitrogens with zero attached hydrogens (tertiary/aromatic N) is 1. The highest BCUT2D eigenvalue weighted by atomic mass is 19.1. The Hall–Kier alpha value is -4.39. The van der Waals surface area contributed by atoms with Gasteiger partial charge in [0, 0.05) is 5.69 Å². The first-order chi connectivity index (χ1) is 14.3. The predicted octanol–water partition coefficient (Wildman–Crippen LogP) is 1.95. The highest BCUT2D eigenvalue weighted by molar-refractivity contribution is 6.08. The van der Waals surface area contributed by atoms with Crippen LogP contribution in [0.4, 0.5) is 14.9 Å². The lowest BCUT2D eigenvalue weighted by atomic mass is 10.1. The van der Waals surface area contributed by atoms with Crippen molar-refractivity contribution in [1.82, 2.24) is 5.32 Å². The Morgan fingerprint density at radius 1 is 1.17 bits per heavy atom. The molecule has 0 radical (unpaired) electrons. The molecule has 2 aromatic carbocycles. The zero-order valence-corrected chi connectivity index (χ0v) is 15.8. The van der Waals surface area contributed by atoms with Gasteiger partial charge in [-0.3, -0.25) is 14.9 Å². The molecule has 9 nitrogen and oxygen atoms in total. The van der Waals surface area contributed by atoms with E-state index in [4.69, 9.17) is 20.5 Å². The third-order valence-electron chi connectivity index (χ3n) is 3.59. The van der Waals surface area contributed by atoms with Gasteiger partial charge in [0.1, 0.15) is 17.5 Å². The normalized spacial score (nSPS) is 10.5. The van der Waals surface area contributed by atoms with Crippen molar-refractivity contribution in [3.63, 3.8) is 0 Å². The van der Waals surface area contributed by atoms with Crippen LogP contribution in [0.15, 0.2) is 48.0 Å². The summed E-state index contributed by atoms with van der Waals surface area (Å²) >= 11 is 0. The number of ether oxygens (including phenoxy) is 2. The first-order valence-electron chi connectivity index (χ1n) is 8.41. The van der Waals surface area contributed by atoms with E-state index in [-0.39, 0.29) is 23.7 Å². The quantitative estimate of drug-likeness (QED) is 0.468. The topological polar surface area (TPSA) is 144 Å². The van der Waals surface area contributed by atoms with Crippen molar-refractivity contribution in [2.45, 2.75) is 0 Å². The number of nitrogens with two attached hydrogens (primary N) is 1. The number of nitriles is 1. The van der Waals surface area contributed by atoms with E-state index in [1.165, 1.54) is 55.7 Å². The molecule has 0 aliphatic heterocycles. The highest BCUT2D eigenvalue weighted by Gasteiger charge is 2.13. The number of benzene rings is 2.